The third-order valence-corrected chi connectivity index (χ3v) is 3.96. The van der Waals surface area contributed by atoms with E-state index in [4.69, 9.17) is 11.6 Å². The number of benzene rings is 1. The lowest BCUT2D eigenvalue weighted by molar-refractivity contribution is -0.141. The van der Waals surface area contributed by atoms with E-state index in [1.54, 1.807) is 6.07 Å². The fraction of sp³-hybridized carbons (Fsp3) is 0.375. The van der Waals surface area contributed by atoms with Gasteiger partial charge in [-0.25, -0.2) is 0 Å². The minimum atomic E-state index is -4.53. The first-order valence-electron chi connectivity index (χ1n) is 7.46. The van der Waals surface area contributed by atoms with E-state index in [-0.39, 0.29) is 19.1 Å². The summed E-state index contributed by atoms with van der Waals surface area (Å²) >= 11 is 6.19. The van der Waals surface area contributed by atoms with Crippen LogP contribution >= 0.6 is 11.6 Å². The number of hydrogen-bond donors (Lipinski definition) is 1. The van der Waals surface area contributed by atoms with Crippen molar-refractivity contribution in [3.63, 3.8) is 0 Å². The van der Waals surface area contributed by atoms with Crippen LogP contribution in [0.5, 0.6) is 0 Å². The van der Waals surface area contributed by atoms with Crippen molar-refractivity contribution >= 4 is 17.5 Å². The first-order chi connectivity index (χ1) is 11.7. The summed E-state index contributed by atoms with van der Waals surface area (Å²) in [5, 5.41) is 6.64. The van der Waals surface area contributed by atoms with Gasteiger partial charge in [0.25, 0.3) is 0 Å². The van der Waals surface area contributed by atoms with Gasteiger partial charge >= 0.3 is 6.18 Å². The van der Waals surface area contributed by atoms with Crippen molar-refractivity contribution in [3.8, 4) is 0 Å². The topological polar surface area (TPSA) is 50.2 Å². The van der Waals surface area contributed by atoms with Crippen LogP contribution in [-0.4, -0.2) is 41.2 Å². The number of aromatic nitrogens is 2. The maximum Gasteiger partial charge on any atom is 0.435 e. The molecule has 0 bridgehead atoms. The number of carbonyl (C=O) groups excluding carboxylic acids is 1. The Morgan fingerprint density at radius 1 is 1.32 bits per heavy atom. The average molecular weight is 375 g/mol. The number of alkyl halides is 3. The Balaban J connectivity index is 1.98. The number of likely N-dealkylation sites (N-methyl/N-ethyl adjacent to an activating group) is 1. The van der Waals surface area contributed by atoms with E-state index in [1.807, 2.05) is 37.2 Å². The molecule has 0 fully saturated rings. The monoisotopic (exact) mass is 374 g/mol. The van der Waals surface area contributed by atoms with E-state index >= 15 is 0 Å². The van der Waals surface area contributed by atoms with Gasteiger partial charge in [-0.1, -0.05) is 29.8 Å². The van der Waals surface area contributed by atoms with Crippen LogP contribution in [0.3, 0.4) is 0 Å². The number of nitrogens with one attached hydrogen (secondary N) is 1. The predicted octanol–water partition coefficient (Wildman–Crippen LogP) is 2.97. The fourth-order valence-corrected chi connectivity index (χ4v) is 2.59. The predicted molar refractivity (Wildman–Crippen MR) is 88.1 cm³/mol. The zero-order valence-corrected chi connectivity index (χ0v) is 14.5. The van der Waals surface area contributed by atoms with Gasteiger partial charge in [0, 0.05) is 17.8 Å². The summed E-state index contributed by atoms with van der Waals surface area (Å²) in [5.41, 5.74) is -0.171. The van der Waals surface area contributed by atoms with E-state index in [1.165, 1.54) is 0 Å². The number of rotatable bonds is 6. The van der Waals surface area contributed by atoms with Gasteiger partial charge in [0.1, 0.15) is 6.54 Å². The van der Waals surface area contributed by atoms with Crippen LogP contribution in [0.1, 0.15) is 17.3 Å². The highest BCUT2D eigenvalue weighted by Gasteiger charge is 2.33. The highest BCUT2D eigenvalue weighted by molar-refractivity contribution is 6.31. The summed E-state index contributed by atoms with van der Waals surface area (Å²) in [6, 6.07) is 7.95. The largest absolute Gasteiger partial charge is 0.435 e. The molecule has 1 N–H and O–H groups in total. The highest BCUT2D eigenvalue weighted by atomic mass is 35.5. The minimum absolute atomic E-state index is 0.166. The van der Waals surface area contributed by atoms with Gasteiger partial charge in [-0.05, 0) is 31.8 Å². The second kappa shape index (κ2) is 7.88. The van der Waals surface area contributed by atoms with Crippen LogP contribution in [0, 0.1) is 0 Å². The number of nitrogens with zero attached hydrogens (tertiary/aromatic N) is 3. The van der Waals surface area contributed by atoms with Crippen molar-refractivity contribution in [3.05, 3.63) is 52.8 Å². The summed E-state index contributed by atoms with van der Waals surface area (Å²) in [5.74, 6) is -0.435. The van der Waals surface area contributed by atoms with Crippen LogP contribution in [0.4, 0.5) is 13.2 Å². The molecular weight excluding hydrogens is 357 g/mol. The normalized spacial score (nSPS) is 13.1. The summed E-state index contributed by atoms with van der Waals surface area (Å²) in [6.45, 7) is -0.0261. The van der Waals surface area contributed by atoms with Crippen LogP contribution in [0.25, 0.3) is 0 Å². The quantitative estimate of drug-likeness (QED) is 0.845. The van der Waals surface area contributed by atoms with Crippen molar-refractivity contribution in [2.45, 2.75) is 18.8 Å². The Morgan fingerprint density at radius 2 is 2.00 bits per heavy atom. The van der Waals surface area contributed by atoms with Gasteiger partial charge in [-0.2, -0.15) is 18.3 Å². The molecule has 0 aliphatic heterocycles. The molecule has 5 nitrogen and oxygen atoms in total. The standard InChI is InChI=1S/C16H18ClF3N4O/c1-23(2)13(11-5-3-4-6-12(11)17)9-21-15(25)10-24-8-7-14(22-24)16(18,19)20/h3-8,13H,9-10H2,1-2H3,(H,21,25). The maximum absolute atomic E-state index is 12.5. The van der Waals surface area contributed by atoms with E-state index < -0.39 is 17.8 Å². The molecule has 9 heteroatoms. The first kappa shape index (κ1) is 19.3. The smallest absolute Gasteiger partial charge is 0.353 e. The van der Waals surface area contributed by atoms with Gasteiger partial charge in [0.15, 0.2) is 5.69 Å². The van der Waals surface area contributed by atoms with Gasteiger partial charge in [0.2, 0.25) is 5.91 Å². The Labute approximate surface area is 148 Å². The SMILES string of the molecule is CN(C)C(CNC(=O)Cn1ccc(C(F)(F)F)n1)c1ccccc1Cl. The lowest BCUT2D eigenvalue weighted by Gasteiger charge is -2.26. The van der Waals surface area contributed by atoms with E-state index in [0.717, 1.165) is 22.5 Å². The van der Waals surface area contributed by atoms with Crippen molar-refractivity contribution < 1.29 is 18.0 Å². The molecule has 1 amide bonds. The van der Waals surface area contributed by atoms with Crippen molar-refractivity contribution in [2.24, 2.45) is 0 Å². The van der Waals surface area contributed by atoms with Crippen LogP contribution in [0.2, 0.25) is 5.02 Å². The summed E-state index contributed by atoms with van der Waals surface area (Å²) in [7, 11) is 3.70. The number of amides is 1. The third-order valence-electron chi connectivity index (χ3n) is 3.62. The Bertz CT molecular complexity index is 730. The molecule has 2 rings (SSSR count). The van der Waals surface area contributed by atoms with E-state index in [9.17, 15) is 18.0 Å². The molecule has 1 aromatic carbocycles. The summed E-state index contributed by atoms with van der Waals surface area (Å²) in [4.78, 5) is 13.9. The molecule has 1 aromatic heterocycles. The molecule has 0 saturated heterocycles. The van der Waals surface area contributed by atoms with Crippen LogP contribution in [-0.2, 0) is 17.5 Å². The Hall–Kier alpha value is -2.06. The molecule has 1 heterocycles. The Morgan fingerprint density at radius 3 is 2.56 bits per heavy atom. The molecule has 0 radical (unpaired) electrons. The third kappa shape index (κ3) is 5.20. The lowest BCUT2D eigenvalue weighted by Crippen LogP contribution is -2.36. The van der Waals surface area contributed by atoms with Crippen molar-refractivity contribution in [1.29, 1.82) is 0 Å². The van der Waals surface area contributed by atoms with Crippen LogP contribution in [0.15, 0.2) is 36.5 Å². The van der Waals surface area contributed by atoms with Gasteiger partial charge in [0.05, 0.1) is 6.04 Å². The maximum atomic E-state index is 12.5. The highest BCUT2D eigenvalue weighted by Crippen LogP contribution is 2.27. The summed E-state index contributed by atoms with van der Waals surface area (Å²) in [6.07, 6.45) is -3.40. The van der Waals surface area contributed by atoms with Crippen molar-refractivity contribution in [2.75, 3.05) is 20.6 Å². The molecule has 1 atom stereocenters. The second-order valence-electron chi connectivity index (χ2n) is 5.70. The average Bonchev–Trinajstić information content (AvgIpc) is 2.97. The zero-order valence-electron chi connectivity index (χ0n) is 13.7. The first-order valence-corrected chi connectivity index (χ1v) is 7.84. The molecule has 0 aliphatic rings. The molecule has 2 aromatic rings. The number of halogens is 4. The zero-order chi connectivity index (χ0) is 18.6. The fourth-order valence-electron chi connectivity index (χ4n) is 2.33. The summed E-state index contributed by atoms with van der Waals surface area (Å²) < 4.78 is 38.5. The lowest BCUT2D eigenvalue weighted by atomic mass is 10.1. The van der Waals surface area contributed by atoms with E-state index in [2.05, 4.69) is 10.4 Å². The molecule has 25 heavy (non-hydrogen) atoms. The Kier molecular flexibility index (Phi) is 6.07. The molecule has 1 unspecified atom stereocenters. The number of carbonyl (C=O) groups is 1. The van der Waals surface area contributed by atoms with E-state index in [0.29, 0.717) is 5.02 Å². The molecule has 0 aliphatic carbocycles. The molecule has 136 valence electrons. The van der Waals surface area contributed by atoms with Gasteiger partial charge < -0.3 is 10.2 Å². The van der Waals surface area contributed by atoms with Gasteiger partial charge in [-0.3, -0.25) is 9.48 Å². The molecule has 0 spiro atoms. The number of hydrogen-bond acceptors (Lipinski definition) is 3. The van der Waals surface area contributed by atoms with Gasteiger partial charge in [-0.15, -0.1) is 0 Å². The minimum Gasteiger partial charge on any atom is -0.353 e. The molecular formula is C16H18ClF3N4O. The van der Waals surface area contributed by atoms with Crippen LogP contribution < -0.4 is 5.32 Å². The second-order valence-corrected chi connectivity index (χ2v) is 6.11. The van der Waals surface area contributed by atoms with Crippen molar-refractivity contribution in [1.82, 2.24) is 20.0 Å². The molecule has 0 saturated carbocycles.